The Labute approximate surface area is 106 Å². The topological polar surface area (TPSA) is 63.8 Å². The van der Waals surface area contributed by atoms with E-state index in [9.17, 15) is 0 Å². The van der Waals surface area contributed by atoms with Gasteiger partial charge in [-0.1, -0.05) is 31.3 Å². The minimum atomic E-state index is 0.524. The molecule has 1 saturated carbocycles. The van der Waals surface area contributed by atoms with Crippen LogP contribution in [0.25, 0.3) is 11.1 Å². The first-order valence-electron chi connectivity index (χ1n) is 6.74. The summed E-state index contributed by atoms with van der Waals surface area (Å²) in [6.07, 6.45) is 8.77. The van der Waals surface area contributed by atoms with Gasteiger partial charge in [-0.2, -0.15) is 4.98 Å². The molecule has 96 valence electrons. The average Bonchev–Trinajstić information content (AvgIpc) is 2.84. The monoisotopic (exact) mass is 246 g/mol. The molecular weight excluding hydrogens is 228 g/mol. The van der Waals surface area contributed by atoms with Crippen LogP contribution in [0.15, 0.2) is 10.9 Å². The predicted octanol–water partition coefficient (Wildman–Crippen LogP) is 2.92. The van der Waals surface area contributed by atoms with Crippen molar-refractivity contribution in [2.45, 2.75) is 51.5 Å². The van der Waals surface area contributed by atoms with E-state index in [1.165, 1.54) is 38.4 Å². The average molecular weight is 246 g/mol. The van der Waals surface area contributed by atoms with E-state index in [0.29, 0.717) is 11.8 Å². The van der Waals surface area contributed by atoms with E-state index >= 15 is 0 Å². The van der Waals surface area contributed by atoms with Crippen LogP contribution >= 0.6 is 0 Å². The van der Waals surface area contributed by atoms with Crippen LogP contribution in [0.3, 0.4) is 0 Å². The van der Waals surface area contributed by atoms with Crippen molar-refractivity contribution in [2.75, 3.05) is 5.32 Å². The number of aromatic nitrogens is 3. The molecule has 2 heterocycles. The molecule has 0 amide bonds. The van der Waals surface area contributed by atoms with Crippen LogP contribution < -0.4 is 5.32 Å². The number of fused-ring (bicyclic) bond motifs is 1. The van der Waals surface area contributed by atoms with Gasteiger partial charge in [-0.05, 0) is 19.3 Å². The fraction of sp³-hybridized carbons (Fsp3) is 0.615. The van der Waals surface area contributed by atoms with Crippen LogP contribution in [-0.2, 0) is 6.42 Å². The van der Waals surface area contributed by atoms with E-state index < -0.39 is 0 Å². The van der Waals surface area contributed by atoms with Gasteiger partial charge in [0.25, 0.3) is 5.71 Å². The number of nitrogens with one attached hydrogen (secondary N) is 1. The van der Waals surface area contributed by atoms with Gasteiger partial charge in [0.05, 0.1) is 5.69 Å². The highest BCUT2D eigenvalue weighted by molar-refractivity contribution is 5.87. The molecule has 1 aliphatic carbocycles. The summed E-state index contributed by atoms with van der Waals surface area (Å²) in [5.74, 6) is 0.880. The highest BCUT2D eigenvalue weighted by Gasteiger charge is 2.18. The van der Waals surface area contributed by atoms with Gasteiger partial charge in [0.1, 0.15) is 17.5 Å². The lowest BCUT2D eigenvalue weighted by Gasteiger charge is -2.23. The Bertz CT molecular complexity index is 531. The van der Waals surface area contributed by atoms with E-state index in [-0.39, 0.29) is 0 Å². The van der Waals surface area contributed by atoms with Crippen molar-refractivity contribution in [2.24, 2.45) is 0 Å². The number of anilines is 1. The third-order valence-corrected chi connectivity index (χ3v) is 3.62. The molecule has 3 rings (SSSR count). The largest absolute Gasteiger partial charge is 0.367 e. The minimum absolute atomic E-state index is 0.524. The molecule has 0 aliphatic heterocycles. The van der Waals surface area contributed by atoms with Gasteiger partial charge in [0.15, 0.2) is 0 Å². The lowest BCUT2D eigenvalue weighted by atomic mass is 9.95. The number of hydrogen-bond donors (Lipinski definition) is 1. The molecule has 1 aliphatic rings. The molecule has 18 heavy (non-hydrogen) atoms. The Morgan fingerprint density at radius 3 is 2.89 bits per heavy atom. The van der Waals surface area contributed by atoms with Crippen LogP contribution in [0, 0.1) is 0 Å². The van der Waals surface area contributed by atoms with E-state index in [1.54, 1.807) is 0 Å². The summed E-state index contributed by atoms with van der Waals surface area (Å²) in [6, 6.07) is 0.524. The van der Waals surface area contributed by atoms with Gasteiger partial charge in [-0.15, -0.1) is 0 Å². The Balaban J connectivity index is 1.92. The van der Waals surface area contributed by atoms with Crippen molar-refractivity contribution in [1.82, 2.24) is 15.1 Å². The molecule has 0 radical (unpaired) electrons. The number of nitrogens with zero attached hydrogens (tertiary/aromatic N) is 3. The zero-order chi connectivity index (χ0) is 12.4. The minimum Gasteiger partial charge on any atom is -0.367 e. The smallest absolute Gasteiger partial charge is 0.263 e. The molecule has 2 aromatic heterocycles. The molecule has 0 bridgehead atoms. The summed E-state index contributed by atoms with van der Waals surface area (Å²) in [5, 5.41) is 8.53. The first kappa shape index (κ1) is 11.4. The van der Waals surface area contributed by atoms with E-state index in [1.807, 2.05) is 0 Å². The molecule has 0 atom stereocenters. The molecule has 0 aromatic carbocycles. The fourth-order valence-corrected chi connectivity index (χ4v) is 2.63. The van der Waals surface area contributed by atoms with E-state index in [0.717, 1.165) is 23.3 Å². The third kappa shape index (κ3) is 2.05. The van der Waals surface area contributed by atoms with Gasteiger partial charge >= 0.3 is 0 Å². The lowest BCUT2D eigenvalue weighted by molar-refractivity contribution is 0.439. The molecule has 5 nitrogen and oxygen atoms in total. The molecule has 0 saturated heterocycles. The summed E-state index contributed by atoms with van der Waals surface area (Å²) in [4.78, 5) is 8.48. The molecule has 2 aromatic rings. The van der Waals surface area contributed by atoms with Gasteiger partial charge in [-0.3, -0.25) is 0 Å². The van der Waals surface area contributed by atoms with Crippen molar-refractivity contribution in [1.29, 1.82) is 0 Å². The number of aryl methyl sites for hydroxylation is 1. The Hall–Kier alpha value is -1.65. The van der Waals surface area contributed by atoms with Gasteiger partial charge in [-0.25, -0.2) is 4.98 Å². The maximum atomic E-state index is 5.23. The second-order valence-electron chi connectivity index (χ2n) is 4.86. The fourth-order valence-electron chi connectivity index (χ4n) is 2.63. The maximum Gasteiger partial charge on any atom is 0.263 e. The van der Waals surface area contributed by atoms with Gasteiger partial charge in [0.2, 0.25) is 0 Å². The maximum absolute atomic E-state index is 5.23. The molecule has 0 unspecified atom stereocenters. The van der Waals surface area contributed by atoms with Crippen LogP contribution in [-0.4, -0.2) is 21.2 Å². The number of hydrogen-bond acceptors (Lipinski definition) is 5. The van der Waals surface area contributed by atoms with Crippen LogP contribution in [0.1, 0.15) is 44.7 Å². The summed E-state index contributed by atoms with van der Waals surface area (Å²) in [7, 11) is 0. The predicted molar refractivity (Wildman–Crippen MR) is 69.5 cm³/mol. The van der Waals surface area contributed by atoms with Gasteiger partial charge < -0.3 is 9.84 Å². The van der Waals surface area contributed by atoms with Gasteiger partial charge in [0, 0.05) is 6.04 Å². The van der Waals surface area contributed by atoms with Crippen molar-refractivity contribution >= 4 is 16.9 Å². The van der Waals surface area contributed by atoms with Crippen molar-refractivity contribution in [3.8, 4) is 0 Å². The van der Waals surface area contributed by atoms with Crippen LogP contribution in [0.2, 0.25) is 0 Å². The lowest BCUT2D eigenvalue weighted by Crippen LogP contribution is -2.23. The summed E-state index contributed by atoms with van der Waals surface area (Å²) in [6.45, 7) is 2.06. The van der Waals surface area contributed by atoms with E-state index in [4.69, 9.17) is 4.52 Å². The summed E-state index contributed by atoms with van der Waals surface area (Å²) in [5.41, 5.74) is 1.52. The Morgan fingerprint density at radius 1 is 1.28 bits per heavy atom. The zero-order valence-corrected chi connectivity index (χ0v) is 10.6. The second-order valence-corrected chi connectivity index (χ2v) is 4.86. The quantitative estimate of drug-likeness (QED) is 0.902. The van der Waals surface area contributed by atoms with Crippen molar-refractivity contribution in [3.05, 3.63) is 12.0 Å². The standard InChI is InChI=1S/C13H18N4O/c1-2-10-11-12(14-8-15-13(11)18-17-10)16-9-6-4-3-5-7-9/h8-9H,2-7H2,1H3,(H,14,15,16). The first-order chi connectivity index (χ1) is 8.88. The molecule has 5 heteroatoms. The Morgan fingerprint density at radius 2 is 2.11 bits per heavy atom. The SMILES string of the molecule is CCc1noc2ncnc(NC3CCCCC3)c12. The van der Waals surface area contributed by atoms with Crippen molar-refractivity contribution < 1.29 is 4.52 Å². The first-order valence-corrected chi connectivity index (χ1v) is 6.74. The van der Waals surface area contributed by atoms with Crippen LogP contribution in [0.4, 0.5) is 5.82 Å². The molecule has 1 fully saturated rings. The Kier molecular flexibility index (Phi) is 3.13. The van der Waals surface area contributed by atoms with Crippen molar-refractivity contribution in [3.63, 3.8) is 0 Å². The highest BCUT2D eigenvalue weighted by Crippen LogP contribution is 2.27. The normalized spacial score (nSPS) is 17.2. The second kappa shape index (κ2) is 4.92. The molecular formula is C13H18N4O. The van der Waals surface area contributed by atoms with Crippen LogP contribution in [0.5, 0.6) is 0 Å². The van der Waals surface area contributed by atoms with E-state index in [2.05, 4.69) is 27.4 Å². The molecule has 0 spiro atoms. The number of rotatable bonds is 3. The summed E-state index contributed by atoms with van der Waals surface area (Å²) < 4.78 is 5.23. The third-order valence-electron chi connectivity index (χ3n) is 3.62. The highest BCUT2D eigenvalue weighted by atomic mass is 16.5. The molecule has 1 N–H and O–H groups in total. The zero-order valence-electron chi connectivity index (χ0n) is 10.6. The summed E-state index contributed by atoms with van der Waals surface area (Å²) >= 11 is 0.